The molecule has 2 N–H and O–H groups in total. The fourth-order valence-electron chi connectivity index (χ4n) is 0.473. The van der Waals surface area contributed by atoms with Gasteiger partial charge in [0.1, 0.15) is 3.82 Å². The van der Waals surface area contributed by atoms with Gasteiger partial charge in [-0.15, -0.1) is 0 Å². The molecule has 0 spiro atoms. The van der Waals surface area contributed by atoms with Crippen molar-refractivity contribution in [3.05, 3.63) is 9.39 Å². The molecule has 0 aromatic carbocycles. The number of aromatic amines is 1. The number of carboxylic acid groups (broad SMARTS) is 1. The quantitative estimate of drug-likeness (QED) is 0.370. The number of H-pyrrole nitrogens is 1. The molecule has 0 saturated heterocycles. The smallest absolute Gasteiger partial charge is 0.545 e. The summed E-state index contributed by atoms with van der Waals surface area (Å²) in [7, 11) is 0. The van der Waals surface area contributed by atoms with Gasteiger partial charge in [-0.3, -0.25) is 4.37 Å². The second-order valence-electron chi connectivity index (χ2n) is 1.50. The average Bonchev–Trinajstić information content (AvgIpc) is 2.11. The van der Waals surface area contributed by atoms with Crippen LogP contribution in [0.2, 0.25) is 0 Å². The Bertz CT molecular complexity index is 317. The van der Waals surface area contributed by atoms with Gasteiger partial charge in [-0.1, -0.05) is 12.2 Å². The second kappa shape index (κ2) is 4.22. The van der Waals surface area contributed by atoms with E-state index in [1.165, 1.54) is 0 Å². The van der Waals surface area contributed by atoms with E-state index in [2.05, 4.69) is 16.6 Å². The van der Waals surface area contributed by atoms with Crippen LogP contribution in [0.1, 0.15) is 10.4 Å². The zero-order valence-corrected chi connectivity index (χ0v) is 9.21. The largest absolute Gasteiger partial charge is 1.00 e. The molecule has 0 aliphatic heterocycles. The SMILES string of the molecule is O=C([O-])c1c(O)[nH]sc1=S.[Na+]. The normalized spacial score (nSPS) is 8.73. The Morgan fingerprint density at radius 2 is 2.27 bits per heavy atom. The summed E-state index contributed by atoms with van der Waals surface area (Å²) in [6, 6.07) is 0. The molecule has 1 aromatic heterocycles. The number of hydrogen-bond donors (Lipinski definition) is 2. The summed E-state index contributed by atoms with van der Waals surface area (Å²) in [6.07, 6.45) is 0. The molecule has 0 saturated carbocycles. The number of carbonyl (C=O) groups is 1. The van der Waals surface area contributed by atoms with Crippen LogP contribution < -0.4 is 34.7 Å². The van der Waals surface area contributed by atoms with Gasteiger partial charge in [-0.25, -0.2) is 0 Å². The molecule has 7 heteroatoms. The zero-order chi connectivity index (χ0) is 7.72. The molecule has 0 amide bonds. The summed E-state index contributed by atoms with van der Waals surface area (Å²) in [5, 5.41) is 18.9. The van der Waals surface area contributed by atoms with E-state index in [0.29, 0.717) is 0 Å². The second-order valence-corrected chi connectivity index (χ2v) is 2.99. The molecular weight excluding hydrogens is 197 g/mol. The Balaban J connectivity index is 0.000001000. The van der Waals surface area contributed by atoms with Gasteiger partial charge in [0.05, 0.1) is 11.5 Å². The van der Waals surface area contributed by atoms with Gasteiger partial charge in [0.15, 0.2) is 0 Å². The summed E-state index contributed by atoms with van der Waals surface area (Å²) < 4.78 is 2.39. The van der Waals surface area contributed by atoms with Crippen molar-refractivity contribution in [2.75, 3.05) is 0 Å². The van der Waals surface area contributed by atoms with E-state index in [9.17, 15) is 9.90 Å². The molecule has 1 aromatic rings. The molecule has 1 heterocycles. The summed E-state index contributed by atoms with van der Waals surface area (Å²) >= 11 is 5.43. The van der Waals surface area contributed by atoms with Crippen LogP contribution in [0.25, 0.3) is 0 Å². The maximum Gasteiger partial charge on any atom is 1.00 e. The molecule has 11 heavy (non-hydrogen) atoms. The van der Waals surface area contributed by atoms with Crippen LogP contribution in [0.3, 0.4) is 0 Å². The third-order valence-electron chi connectivity index (χ3n) is 0.885. The van der Waals surface area contributed by atoms with Gasteiger partial charge in [0, 0.05) is 0 Å². The number of carboxylic acids is 1. The summed E-state index contributed by atoms with van der Waals surface area (Å²) in [4.78, 5) is 10.2. The van der Waals surface area contributed by atoms with Crippen LogP contribution in [0, 0.1) is 3.82 Å². The molecule has 0 unspecified atom stereocenters. The fourth-order valence-corrected chi connectivity index (χ4v) is 1.35. The van der Waals surface area contributed by atoms with Gasteiger partial charge in [0.25, 0.3) is 0 Å². The summed E-state index contributed by atoms with van der Waals surface area (Å²) in [5.74, 6) is -1.89. The van der Waals surface area contributed by atoms with Crippen LogP contribution in [-0.4, -0.2) is 15.4 Å². The first kappa shape index (κ1) is 11.1. The zero-order valence-electron chi connectivity index (χ0n) is 5.58. The van der Waals surface area contributed by atoms with Gasteiger partial charge in [-0.05, 0) is 11.5 Å². The fraction of sp³-hybridized carbons (Fsp3) is 0. The monoisotopic (exact) mass is 199 g/mol. The van der Waals surface area contributed by atoms with E-state index in [0.717, 1.165) is 11.5 Å². The van der Waals surface area contributed by atoms with E-state index in [1.54, 1.807) is 0 Å². The third-order valence-corrected chi connectivity index (χ3v) is 2.02. The van der Waals surface area contributed by atoms with E-state index in [1.807, 2.05) is 0 Å². The van der Waals surface area contributed by atoms with Crippen molar-refractivity contribution in [2.45, 2.75) is 0 Å². The molecule has 0 fully saturated rings. The molecule has 0 aliphatic rings. The first-order chi connectivity index (χ1) is 4.63. The van der Waals surface area contributed by atoms with Crippen LogP contribution >= 0.6 is 23.8 Å². The van der Waals surface area contributed by atoms with E-state index < -0.39 is 11.8 Å². The minimum absolute atomic E-state index is 0. The first-order valence-electron chi connectivity index (χ1n) is 2.24. The minimum atomic E-state index is -1.46. The molecular formula is C4H2NNaO3S2. The summed E-state index contributed by atoms with van der Waals surface area (Å²) in [6.45, 7) is 0. The molecule has 0 radical (unpaired) electrons. The Kier molecular flexibility index (Phi) is 4.27. The summed E-state index contributed by atoms with van der Waals surface area (Å²) in [5.41, 5.74) is -0.333. The van der Waals surface area contributed by atoms with Crippen molar-refractivity contribution in [2.24, 2.45) is 0 Å². The van der Waals surface area contributed by atoms with Crippen LogP contribution in [-0.2, 0) is 0 Å². The van der Waals surface area contributed by atoms with E-state index in [-0.39, 0.29) is 38.9 Å². The molecule has 0 aliphatic carbocycles. The van der Waals surface area contributed by atoms with Crippen molar-refractivity contribution in [1.82, 2.24) is 4.37 Å². The predicted octanol–water partition coefficient (Wildman–Crippen LogP) is -3.12. The molecule has 54 valence electrons. The molecule has 0 bridgehead atoms. The molecule has 4 nitrogen and oxygen atoms in total. The van der Waals surface area contributed by atoms with Crippen LogP contribution in [0.15, 0.2) is 0 Å². The van der Waals surface area contributed by atoms with Crippen LogP contribution in [0.5, 0.6) is 5.88 Å². The van der Waals surface area contributed by atoms with Crippen molar-refractivity contribution >= 4 is 29.7 Å². The third kappa shape index (κ3) is 2.28. The maximum atomic E-state index is 10.2. The Morgan fingerprint density at radius 3 is 2.45 bits per heavy atom. The van der Waals surface area contributed by atoms with Gasteiger partial charge in [-0.2, -0.15) is 0 Å². The standard InChI is InChI=1S/C4H3NO3S2.Na/c6-2-1(3(7)8)4(9)10-5-2;/h5-6H,(H,7,8);/q;+1/p-1. The predicted molar refractivity (Wildman–Crippen MR) is 35.5 cm³/mol. The van der Waals surface area contributed by atoms with Crippen molar-refractivity contribution < 1.29 is 44.6 Å². The molecule has 0 atom stereocenters. The Morgan fingerprint density at radius 1 is 1.73 bits per heavy atom. The Hall–Kier alpha value is 0.120. The van der Waals surface area contributed by atoms with E-state index >= 15 is 0 Å². The number of rotatable bonds is 1. The number of aromatic hydroxyl groups is 1. The van der Waals surface area contributed by atoms with Gasteiger partial charge >= 0.3 is 29.6 Å². The number of aromatic nitrogens is 1. The van der Waals surface area contributed by atoms with Crippen molar-refractivity contribution in [1.29, 1.82) is 0 Å². The van der Waals surface area contributed by atoms with Crippen molar-refractivity contribution in [3.63, 3.8) is 0 Å². The molecule has 1 rings (SSSR count). The number of nitrogens with one attached hydrogen (secondary N) is 1. The number of hydrogen-bond acceptors (Lipinski definition) is 5. The van der Waals surface area contributed by atoms with Gasteiger partial charge < -0.3 is 15.0 Å². The average molecular weight is 199 g/mol. The topological polar surface area (TPSA) is 76.2 Å². The number of aromatic carboxylic acids is 1. The van der Waals surface area contributed by atoms with Gasteiger partial charge in [0.2, 0.25) is 5.88 Å². The minimum Gasteiger partial charge on any atom is -0.545 e. The van der Waals surface area contributed by atoms with Crippen LogP contribution in [0.4, 0.5) is 0 Å². The van der Waals surface area contributed by atoms with Crippen molar-refractivity contribution in [3.8, 4) is 5.88 Å². The first-order valence-corrected chi connectivity index (χ1v) is 3.47. The van der Waals surface area contributed by atoms with E-state index in [4.69, 9.17) is 5.11 Å². The number of carbonyl (C=O) groups excluding carboxylic acids is 1. The Labute approximate surface area is 93.3 Å². The maximum absolute atomic E-state index is 10.2.